The third-order valence-electron chi connectivity index (χ3n) is 5.96. The maximum atomic E-state index is 14.9. The van der Waals surface area contributed by atoms with E-state index in [4.69, 9.17) is 25.8 Å². The fourth-order valence-electron chi connectivity index (χ4n) is 4.05. The molecule has 0 aliphatic carbocycles. The summed E-state index contributed by atoms with van der Waals surface area (Å²) in [4.78, 5) is 8.48. The molecule has 0 atom stereocenters. The molecule has 3 aromatic carbocycles. The zero-order valence-corrected chi connectivity index (χ0v) is 21.7. The van der Waals surface area contributed by atoms with Crippen molar-refractivity contribution in [1.82, 2.24) is 9.97 Å². The van der Waals surface area contributed by atoms with E-state index in [0.717, 1.165) is 18.7 Å². The highest BCUT2D eigenvalue weighted by atomic mass is 35.5. The molecule has 0 spiro atoms. The first-order valence-corrected chi connectivity index (χ1v) is 12.2. The lowest BCUT2D eigenvalue weighted by Crippen LogP contribution is -2.09. The fraction of sp³-hybridized carbons (Fsp3) is 0.103. The second-order valence-corrected chi connectivity index (χ2v) is 8.95. The van der Waals surface area contributed by atoms with Gasteiger partial charge in [-0.05, 0) is 35.9 Å². The van der Waals surface area contributed by atoms with Crippen LogP contribution in [0.25, 0.3) is 22.2 Å². The van der Waals surface area contributed by atoms with Gasteiger partial charge in [-0.3, -0.25) is 0 Å². The Hall–Kier alpha value is -4.51. The molecule has 0 fully saturated rings. The number of pyridine rings is 2. The number of methoxy groups -OCH3 is 1. The van der Waals surface area contributed by atoms with Crippen LogP contribution in [0, 0.1) is 17.5 Å². The first-order chi connectivity index (χ1) is 19.6. The zero-order chi connectivity index (χ0) is 29.3. The summed E-state index contributed by atoms with van der Waals surface area (Å²) in [7, 11) is 1.02. The Morgan fingerprint density at radius 2 is 1.61 bits per heavy atom. The van der Waals surface area contributed by atoms with E-state index in [2.05, 4.69) is 9.97 Å². The van der Waals surface area contributed by atoms with Gasteiger partial charge >= 0.3 is 6.18 Å². The lowest BCUT2D eigenvalue weighted by molar-refractivity contribution is -0.140. The zero-order valence-electron chi connectivity index (χ0n) is 20.9. The van der Waals surface area contributed by atoms with Gasteiger partial charge in [-0.2, -0.15) is 17.6 Å². The average molecular weight is 591 g/mol. The predicted molar refractivity (Wildman–Crippen MR) is 139 cm³/mol. The first-order valence-electron chi connectivity index (χ1n) is 11.8. The SMILES string of the molecule is COc1c(Oc2cc(C(F)(F)F)c(F)cc2-c2cc(OCc3ccccc3)c3c(Cl)nccc3n2)ccc(F)c1F. The van der Waals surface area contributed by atoms with Crippen molar-refractivity contribution in [3.05, 3.63) is 107 Å². The highest BCUT2D eigenvalue weighted by Crippen LogP contribution is 2.44. The largest absolute Gasteiger partial charge is 0.490 e. The van der Waals surface area contributed by atoms with E-state index in [0.29, 0.717) is 23.6 Å². The number of halogens is 7. The summed E-state index contributed by atoms with van der Waals surface area (Å²) in [5, 5.41) is 0.359. The molecule has 0 saturated heterocycles. The van der Waals surface area contributed by atoms with Crippen molar-refractivity contribution in [2.24, 2.45) is 0 Å². The van der Waals surface area contributed by atoms with Crippen LogP contribution in [0.1, 0.15) is 11.1 Å². The highest BCUT2D eigenvalue weighted by Gasteiger charge is 2.36. The molecule has 2 heterocycles. The van der Waals surface area contributed by atoms with Crippen LogP contribution in [0.3, 0.4) is 0 Å². The van der Waals surface area contributed by atoms with Crippen molar-refractivity contribution < 1.29 is 40.6 Å². The van der Waals surface area contributed by atoms with E-state index >= 15 is 0 Å². The third kappa shape index (κ3) is 5.71. The Balaban J connectivity index is 1.70. The topological polar surface area (TPSA) is 53.5 Å². The molecule has 5 rings (SSSR count). The minimum atomic E-state index is -5.10. The van der Waals surface area contributed by atoms with E-state index in [1.165, 1.54) is 18.3 Å². The summed E-state index contributed by atoms with van der Waals surface area (Å²) in [6.45, 7) is 0.0847. The summed E-state index contributed by atoms with van der Waals surface area (Å²) >= 11 is 6.32. The summed E-state index contributed by atoms with van der Waals surface area (Å²) in [5.41, 5.74) is -0.920. The Morgan fingerprint density at radius 1 is 0.854 bits per heavy atom. The Bertz CT molecular complexity index is 1750. The van der Waals surface area contributed by atoms with Crippen molar-refractivity contribution in [3.8, 4) is 34.3 Å². The molecular formula is C29H17ClF6N2O3. The quantitative estimate of drug-likeness (QED) is 0.140. The molecule has 210 valence electrons. The molecule has 5 aromatic rings. The van der Waals surface area contributed by atoms with Crippen molar-refractivity contribution in [3.63, 3.8) is 0 Å². The van der Waals surface area contributed by atoms with Crippen molar-refractivity contribution in [2.75, 3.05) is 7.11 Å². The van der Waals surface area contributed by atoms with E-state index in [1.54, 1.807) is 0 Å². The van der Waals surface area contributed by atoms with Crippen LogP contribution in [0.4, 0.5) is 26.3 Å². The molecule has 0 saturated carbocycles. The number of nitrogens with zero attached hydrogens (tertiary/aromatic N) is 2. The number of aromatic nitrogens is 2. The molecule has 0 amide bonds. The molecule has 0 N–H and O–H groups in total. The predicted octanol–water partition coefficient (Wildman–Crippen LogP) is 8.77. The Labute approximate surface area is 233 Å². The number of hydrogen-bond donors (Lipinski definition) is 0. The van der Waals surface area contributed by atoms with Gasteiger partial charge in [0.25, 0.3) is 0 Å². The van der Waals surface area contributed by atoms with Gasteiger partial charge in [0.15, 0.2) is 11.6 Å². The van der Waals surface area contributed by atoms with Crippen LogP contribution in [-0.2, 0) is 12.8 Å². The number of benzene rings is 3. The molecular weight excluding hydrogens is 574 g/mol. The van der Waals surface area contributed by atoms with Gasteiger partial charge in [0.1, 0.15) is 29.1 Å². The minimum Gasteiger partial charge on any atom is -0.490 e. The molecule has 0 aliphatic heterocycles. The van der Waals surface area contributed by atoms with E-state index in [1.807, 2.05) is 30.3 Å². The first kappa shape index (κ1) is 28.0. The molecule has 0 unspecified atom stereocenters. The molecule has 2 aromatic heterocycles. The monoisotopic (exact) mass is 590 g/mol. The van der Waals surface area contributed by atoms with Gasteiger partial charge in [0, 0.05) is 17.8 Å². The number of hydrogen-bond acceptors (Lipinski definition) is 5. The van der Waals surface area contributed by atoms with Crippen LogP contribution in [0.15, 0.2) is 72.9 Å². The second-order valence-electron chi connectivity index (χ2n) is 8.60. The smallest absolute Gasteiger partial charge is 0.419 e. The fourth-order valence-corrected chi connectivity index (χ4v) is 4.30. The Kier molecular flexibility index (Phi) is 7.63. The van der Waals surface area contributed by atoms with Crippen LogP contribution >= 0.6 is 11.6 Å². The van der Waals surface area contributed by atoms with E-state index in [-0.39, 0.29) is 34.3 Å². The van der Waals surface area contributed by atoms with Gasteiger partial charge in [0.2, 0.25) is 11.6 Å². The van der Waals surface area contributed by atoms with Crippen molar-refractivity contribution in [1.29, 1.82) is 0 Å². The van der Waals surface area contributed by atoms with Gasteiger partial charge in [-0.25, -0.2) is 18.7 Å². The average Bonchev–Trinajstić information content (AvgIpc) is 2.94. The van der Waals surface area contributed by atoms with Crippen LogP contribution in [0.2, 0.25) is 5.15 Å². The molecule has 12 heteroatoms. The van der Waals surface area contributed by atoms with Crippen molar-refractivity contribution in [2.45, 2.75) is 12.8 Å². The molecule has 41 heavy (non-hydrogen) atoms. The van der Waals surface area contributed by atoms with Gasteiger partial charge in [0.05, 0.1) is 29.3 Å². The van der Waals surface area contributed by atoms with E-state index in [9.17, 15) is 26.3 Å². The standard InChI is InChI=1S/C29H17ClF6N2O3/c1-39-27-22(8-7-18(31)26(27)33)41-23-12-17(29(34,35)36)19(32)11-16(23)21-13-24(40-14-15-5-3-2-4-6-15)25-20(38-21)9-10-37-28(25)30/h2-13H,14H2,1H3. The maximum absolute atomic E-state index is 14.9. The van der Waals surface area contributed by atoms with Gasteiger partial charge in [-0.1, -0.05) is 41.9 Å². The minimum absolute atomic E-state index is 0.0474. The number of alkyl halides is 3. The molecule has 0 radical (unpaired) electrons. The lowest BCUT2D eigenvalue weighted by Gasteiger charge is -2.18. The summed E-state index contributed by atoms with van der Waals surface area (Å²) < 4.78 is 100. The van der Waals surface area contributed by atoms with Crippen molar-refractivity contribution >= 4 is 22.5 Å². The maximum Gasteiger partial charge on any atom is 0.419 e. The number of rotatable bonds is 7. The molecule has 0 aliphatic rings. The van der Waals surface area contributed by atoms with Crippen LogP contribution in [-0.4, -0.2) is 17.1 Å². The second kappa shape index (κ2) is 11.2. The summed E-state index contributed by atoms with van der Waals surface area (Å²) in [6.07, 6.45) is -3.74. The highest BCUT2D eigenvalue weighted by molar-refractivity contribution is 6.34. The number of fused-ring (bicyclic) bond motifs is 1. The number of ether oxygens (including phenoxy) is 3. The van der Waals surface area contributed by atoms with E-state index < -0.39 is 46.4 Å². The molecule has 5 nitrogen and oxygen atoms in total. The van der Waals surface area contributed by atoms with Gasteiger partial charge in [-0.15, -0.1) is 0 Å². The Morgan fingerprint density at radius 3 is 2.32 bits per heavy atom. The van der Waals surface area contributed by atoms with Gasteiger partial charge < -0.3 is 14.2 Å². The normalized spacial score (nSPS) is 11.5. The lowest BCUT2D eigenvalue weighted by atomic mass is 10.0. The van der Waals surface area contributed by atoms with Crippen LogP contribution < -0.4 is 14.2 Å². The summed E-state index contributed by atoms with van der Waals surface area (Å²) in [5.74, 6) is -5.88. The molecule has 0 bridgehead atoms. The van der Waals surface area contributed by atoms with Crippen LogP contribution in [0.5, 0.6) is 23.0 Å². The third-order valence-corrected chi connectivity index (χ3v) is 6.25. The summed E-state index contributed by atoms with van der Waals surface area (Å²) in [6, 6.07) is 14.6.